The van der Waals surface area contributed by atoms with Gasteiger partial charge >= 0.3 is 0 Å². The van der Waals surface area contributed by atoms with Crippen molar-refractivity contribution in [2.45, 2.75) is 89.0 Å². The largest absolute Gasteiger partial charge is 0.396 e. The first-order valence-corrected chi connectivity index (χ1v) is 20.6. The van der Waals surface area contributed by atoms with E-state index in [1.165, 1.54) is 24.3 Å². The highest BCUT2D eigenvalue weighted by atomic mass is 79.9. The maximum absolute atomic E-state index is 17.1. The zero-order valence-electron chi connectivity index (χ0n) is 23.9. The Hall–Kier alpha value is -1.05. The molecule has 0 saturated heterocycles. The monoisotopic (exact) mass is 720 g/mol. The van der Waals surface area contributed by atoms with E-state index in [1.54, 1.807) is 24.3 Å². The van der Waals surface area contributed by atoms with Crippen molar-refractivity contribution in [3.63, 3.8) is 0 Å². The smallest absolute Gasteiger partial charge is 0.194 e. The number of rotatable bonds is 12. The van der Waals surface area contributed by atoms with Crippen LogP contribution in [-0.2, 0) is 20.1 Å². The standard InChI is InChI=1S/C30H38Br2F4O2Si2/c1-7-39(8-2,9-3)37-29(21-13-17-23(31)18-14-21)25(33)27(35)30(28(36)26(29)34,22-15-19-24(32)20-16-22)38-40(10-4,11-5)12-6/h13-20H,7-12H2,1-6H3. The Bertz CT molecular complexity index is 1100. The van der Waals surface area contributed by atoms with Crippen LogP contribution in [0.4, 0.5) is 17.6 Å². The molecule has 2 nitrogen and oxygen atoms in total. The second-order valence-electron chi connectivity index (χ2n) is 10.3. The van der Waals surface area contributed by atoms with Crippen LogP contribution < -0.4 is 0 Å². The molecule has 0 aliphatic heterocycles. The molecule has 0 aromatic heterocycles. The fourth-order valence-corrected chi connectivity index (χ4v) is 11.9. The normalized spacial score (nSPS) is 22.3. The third kappa shape index (κ3) is 5.53. The van der Waals surface area contributed by atoms with E-state index in [1.807, 2.05) is 41.5 Å². The van der Waals surface area contributed by atoms with E-state index in [-0.39, 0.29) is 11.1 Å². The van der Waals surface area contributed by atoms with Crippen molar-refractivity contribution in [1.29, 1.82) is 0 Å². The summed E-state index contributed by atoms with van der Waals surface area (Å²) in [4.78, 5) is 0. The molecule has 1 aliphatic rings. The van der Waals surface area contributed by atoms with Crippen LogP contribution in [-0.4, -0.2) is 16.6 Å². The number of benzene rings is 2. The third-order valence-electron chi connectivity index (χ3n) is 8.73. The van der Waals surface area contributed by atoms with Crippen LogP contribution in [0, 0.1) is 0 Å². The first-order valence-electron chi connectivity index (χ1n) is 14.0. The van der Waals surface area contributed by atoms with Gasteiger partial charge in [-0.2, -0.15) is 0 Å². The predicted molar refractivity (Wildman–Crippen MR) is 167 cm³/mol. The van der Waals surface area contributed by atoms with Crippen LogP contribution in [0.3, 0.4) is 0 Å². The van der Waals surface area contributed by atoms with Crippen molar-refractivity contribution in [2.75, 3.05) is 0 Å². The van der Waals surface area contributed by atoms with Crippen LogP contribution in [0.15, 0.2) is 80.8 Å². The van der Waals surface area contributed by atoms with E-state index in [9.17, 15) is 0 Å². The second-order valence-corrected chi connectivity index (χ2v) is 21.5. The molecular weight excluding hydrogens is 684 g/mol. The SMILES string of the molecule is CC[Si](CC)(CC)OC1(c2ccc(Br)cc2)C(F)=C(F)C(O[Si](CC)(CC)CC)(c2ccc(Br)cc2)C(F)=C1F. The summed E-state index contributed by atoms with van der Waals surface area (Å²) < 4.78 is 82.6. The van der Waals surface area contributed by atoms with Gasteiger partial charge in [0.15, 0.2) is 51.1 Å². The lowest BCUT2D eigenvalue weighted by Gasteiger charge is -2.48. The number of halogens is 6. The molecule has 0 bridgehead atoms. The molecule has 10 heteroatoms. The molecule has 0 unspecified atom stereocenters. The molecule has 0 atom stereocenters. The van der Waals surface area contributed by atoms with Crippen molar-refractivity contribution in [3.8, 4) is 0 Å². The quantitative estimate of drug-likeness (QED) is 0.160. The van der Waals surface area contributed by atoms with E-state index in [0.717, 1.165) is 0 Å². The first-order chi connectivity index (χ1) is 18.9. The van der Waals surface area contributed by atoms with Gasteiger partial charge in [0, 0.05) is 8.95 Å². The fourth-order valence-electron chi connectivity index (χ4n) is 5.57. The first kappa shape index (κ1) is 33.5. The summed E-state index contributed by atoms with van der Waals surface area (Å²) in [7, 11) is -5.70. The van der Waals surface area contributed by atoms with Gasteiger partial charge in [0.25, 0.3) is 0 Å². The minimum atomic E-state index is -2.85. The Labute approximate surface area is 254 Å². The minimum absolute atomic E-state index is 0.0161. The summed E-state index contributed by atoms with van der Waals surface area (Å²) in [6.07, 6.45) is 0. The molecule has 1 aliphatic carbocycles. The molecule has 3 rings (SSSR count). The van der Waals surface area contributed by atoms with Crippen LogP contribution >= 0.6 is 31.9 Å². The lowest BCUT2D eigenvalue weighted by Crippen LogP contribution is -2.53. The molecule has 0 radical (unpaired) electrons. The molecule has 2 aromatic rings. The highest BCUT2D eigenvalue weighted by molar-refractivity contribution is 9.10. The molecule has 0 heterocycles. The summed E-state index contributed by atoms with van der Waals surface area (Å²) in [6, 6.07) is 15.2. The highest BCUT2D eigenvalue weighted by Gasteiger charge is 2.63. The minimum Gasteiger partial charge on any atom is -0.396 e. The van der Waals surface area contributed by atoms with Crippen LogP contribution in [0.1, 0.15) is 52.7 Å². The molecule has 2 aromatic carbocycles. The summed E-state index contributed by atoms with van der Waals surface area (Å²) in [5.74, 6) is -6.02. The Morgan fingerprint density at radius 2 is 0.725 bits per heavy atom. The second kappa shape index (κ2) is 13.1. The maximum Gasteiger partial charge on any atom is 0.194 e. The average Bonchev–Trinajstić information content (AvgIpc) is 2.99. The maximum atomic E-state index is 17.1. The Kier molecular flexibility index (Phi) is 10.9. The van der Waals surface area contributed by atoms with Crippen molar-refractivity contribution < 1.29 is 26.4 Å². The fraction of sp³-hybridized carbons (Fsp3) is 0.467. The third-order valence-corrected chi connectivity index (χ3v) is 19.0. The van der Waals surface area contributed by atoms with E-state index in [4.69, 9.17) is 8.85 Å². The molecule has 0 fully saturated rings. The van der Waals surface area contributed by atoms with E-state index in [0.29, 0.717) is 45.2 Å². The van der Waals surface area contributed by atoms with Gasteiger partial charge < -0.3 is 8.85 Å². The van der Waals surface area contributed by atoms with Crippen molar-refractivity contribution in [1.82, 2.24) is 0 Å². The Balaban J connectivity index is 2.48. The summed E-state index contributed by atoms with van der Waals surface area (Å²) in [6.45, 7) is 11.4. The zero-order chi connectivity index (χ0) is 29.9. The van der Waals surface area contributed by atoms with Gasteiger partial charge in [0.1, 0.15) is 0 Å². The summed E-state index contributed by atoms with van der Waals surface area (Å²) >= 11 is 6.69. The average molecular weight is 723 g/mol. The highest BCUT2D eigenvalue weighted by Crippen LogP contribution is 2.60. The van der Waals surface area contributed by atoms with Gasteiger partial charge in [-0.15, -0.1) is 0 Å². The van der Waals surface area contributed by atoms with Gasteiger partial charge in [0.2, 0.25) is 0 Å². The topological polar surface area (TPSA) is 18.5 Å². The van der Waals surface area contributed by atoms with Gasteiger partial charge in [-0.3, -0.25) is 0 Å². The number of hydrogen-bond donors (Lipinski definition) is 0. The van der Waals surface area contributed by atoms with Crippen molar-refractivity contribution >= 4 is 48.5 Å². The van der Waals surface area contributed by atoms with Crippen molar-refractivity contribution in [2.24, 2.45) is 0 Å². The van der Waals surface area contributed by atoms with E-state index < -0.39 is 51.1 Å². The van der Waals surface area contributed by atoms with Gasteiger partial charge in [0.05, 0.1) is 0 Å². The Morgan fingerprint density at radius 1 is 0.500 bits per heavy atom. The predicted octanol–water partition coefficient (Wildman–Crippen LogP) is 11.7. The summed E-state index contributed by atoms with van der Waals surface area (Å²) in [5.41, 5.74) is -5.42. The van der Waals surface area contributed by atoms with E-state index in [2.05, 4.69) is 31.9 Å². The molecule has 0 amide bonds. The molecule has 220 valence electrons. The lowest BCUT2D eigenvalue weighted by atomic mass is 9.78. The molecule has 0 saturated carbocycles. The van der Waals surface area contributed by atoms with Crippen LogP contribution in [0.2, 0.25) is 36.3 Å². The van der Waals surface area contributed by atoms with Crippen LogP contribution in [0.5, 0.6) is 0 Å². The molecular formula is C30H38Br2F4O2Si2. The van der Waals surface area contributed by atoms with Crippen LogP contribution in [0.25, 0.3) is 0 Å². The molecule has 0 spiro atoms. The van der Waals surface area contributed by atoms with E-state index >= 15 is 17.6 Å². The van der Waals surface area contributed by atoms with Gasteiger partial charge in [-0.05, 0) is 71.7 Å². The Morgan fingerprint density at radius 3 is 0.925 bits per heavy atom. The molecule has 0 N–H and O–H groups in total. The summed E-state index contributed by atoms with van der Waals surface area (Å²) in [5, 5.41) is 0. The van der Waals surface area contributed by atoms with Gasteiger partial charge in [-0.1, -0.05) is 97.7 Å². The zero-order valence-corrected chi connectivity index (χ0v) is 29.1. The molecule has 40 heavy (non-hydrogen) atoms. The lowest BCUT2D eigenvalue weighted by molar-refractivity contribution is 0.0116. The number of hydrogen-bond acceptors (Lipinski definition) is 2. The van der Waals surface area contributed by atoms with Crippen molar-refractivity contribution in [3.05, 3.63) is 91.9 Å². The van der Waals surface area contributed by atoms with Gasteiger partial charge in [-0.25, -0.2) is 17.6 Å².